The molecule has 3 aromatic carbocycles. The maximum atomic E-state index is 13.8. The number of anilines is 1. The molecule has 0 N–H and O–H groups in total. The predicted molar refractivity (Wildman–Crippen MR) is 118 cm³/mol. The predicted octanol–water partition coefficient (Wildman–Crippen LogP) is 4.28. The van der Waals surface area contributed by atoms with Crippen molar-refractivity contribution in [2.45, 2.75) is 19.0 Å². The molecule has 0 fully saturated rings. The van der Waals surface area contributed by atoms with E-state index in [1.165, 1.54) is 0 Å². The van der Waals surface area contributed by atoms with Gasteiger partial charge in [-0.25, -0.2) is 4.68 Å². The monoisotopic (exact) mass is 410 g/mol. The molecule has 1 unspecified atom stereocenters. The summed E-state index contributed by atoms with van der Waals surface area (Å²) in [5.41, 5.74) is 4.24. The molecule has 1 aromatic heterocycles. The summed E-state index contributed by atoms with van der Waals surface area (Å²) in [6.45, 7) is 0.501. The van der Waals surface area contributed by atoms with E-state index in [1.54, 1.807) is 11.8 Å². The number of carbonyl (C=O) groups is 1. The first kappa shape index (κ1) is 19.1. The third-order valence-electron chi connectivity index (χ3n) is 5.63. The number of fused-ring (bicyclic) bond motifs is 1. The van der Waals surface area contributed by atoms with Crippen LogP contribution in [-0.2, 0) is 13.0 Å². The molecule has 0 radical (unpaired) electrons. The van der Waals surface area contributed by atoms with Crippen LogP contribution in [0.5, 0.6) is 5.75 Å². The summed E-state index contributed by atoms with van der Waals surface area (Å²) in [5.74, 6) is 0.655. The van der Waals surface area contributed by atoms with E-state index in [1.807, 2.05) is 89.8 Å². The first-order valence-corrected chi connectivity index (χ1v) is 10.2. The van der Waals surface area contributed by atoms with Crippen molar-refractivity contribution in [3.05, 3.63) is 107 Å². The van der Waals surface area contributed by atoms with E-state index in [0.717, 1.165) is 28.3 Å². The Morgan fingerprint density at radius 1 is 0.935 bits per heavy atom. The van der Waals surface area contributed by atoms with Crippen molar-refractivity contribution in [1.82, 2.24) is 15.0 Å². The van der Waals surface area contributed by atoms with E-state index in [0.29, 0.717) is 18.7 Å². The van der Waals surface area contributed by atoms with Crippen LogP contribution in [0.3, 0.4) is 0 Å². The van der Waals surface area contributed by atoms with Gasteiger partial charge in [0, 0.05) is 12.1 Å². The molecule has 0 spiro atoms. The highest BCUT2D eigenvalue weighted by atomic mass is 16.5. The Bertz CT molecular complexity index is 1190. The second kappa shape index (κ2) is 8.07. The smallest absolute Gasteiger partial charge is 0.279 e. The highest BCUT2D eigenvalue weighted by Crippen LogP contribution is 2.37. The highest BCUT2D eigenvalue weighted by Gasteiger charge is 2.38. The Kier molecular flexibility index (Phi) is 4.96. The largest absolute Gasteiger partial charge is 0.497 e. The number of hydrogen-bond acceptors (Lipinski definition) is 4. The van der Waals surface area contributed by atoms with Crippen LogP contribution in [-0.4, -0.2) is 28.0 Å². The number of hydrogen-bond donors (Lipinski definition) is 0. The van der Waals surface area contributed by atoms with Gasteiger partial charge in [-0.2, -0.15) is 0 Å². The van der Waals surface area contributed by atoms with Crippen molar-refractivity contribution in [3.63, 3.8) is 0 Å². The van der Waals surface area contributed by atoms with Gasteiger partial charge >= 0.3 is 0 Å². The molecule has 6 heteroatoms. The fourth-order valence-electron chi connectivity index (χ4n) is 4.10. The summed E-state index contributed by atoms with van der Waals surface area (Å²) in [5, 5.41) is 8.71. The van der Waals surface area contributed by atoms with Crippen LogP contribution in [0.4, 0.5) is 5.69 Å². The molecule has 1 amide bonds. The molecule has 0 bridgehead atoms. The molecule has 1 aliphatic heterocycles. The van der Waals surface area contributed by atoms with Gasteiger partial charge in [0.05, 0.1) is 25.4 Å². The molecule has 5 rings (SSSR count). The number of ether oxygens (including phenoxy) is 1. The van der Waals surface area contributed by atoms with Crippen LogP contribution in [0.2, 0.25) is 0 Å². The van der Waals surface area contributed by atoms with Gasteiger partial charge in [-0.05, 0) is 35.4 Å². The average molecular weight is 410 g/mol. The zero-order valence-electron chi connectivity index (χ0n) is 17.2. The van der Waals surface area contributed by atoms with Crippen LogP contribution in [0, 0.1) is 0 Å². The average Bonchev–Trinajstić information content (AvgIpc) is 3.23. The Hall–Kier alpha value is -3.93. The third-order valence-corrected chi connectivity index (χ3v) is 5.63. The summed E-state index contributed by atoms with van der Waals surface area (Å²) >= 11 is 0. The Balaban J connectivity index is 1.58. The van der Waals surface area contributed by atoms with Gasteiger partial charge in [-0.1, -0.05) is 65.9 Å². The van der Waals surface area contributed by atoms with Crippen molar-refractivity contribution in [2.75, 3.05) is 12.0 Å². The third kappa shape index (κ3) is 3.57. The lowest BCUT2D eigenvalue weighted by Gasteiger charge is -2.35. The van der Waals surface area contributed by atoms with E-state index in [9.17, 15) is 4.79 Å². The van der Waals surface area contributed by atoms with Crippen molar-refractivity contribution in [2.24, 2.45) is 0 Å². The molecule has 0 aliphatic carbocycles. The van der Waals surface area contributed by atoms with Crippen LogP contribution >= 0.6 is 0 Å². The second-order valence-corrected chi connectivity index (χ2v) is 7.53. The molecule has 0 saturated heterocycles. The fourth-order valence-corrected chi connectivity index (χ4v) is 4.10. The fraction of sp³-hybridized carbons (Fsp3) is 0.160. The van der Waals surface area contributed by atoms with Crippen LogP contribution in [0.1, 0.15) is 33.4 Å². The zero-order valence-corrected chi connectivity index (χ0v) is 17.2. The minimum Gasteiger partial charge on any atom is -0.497 e. The Labute approximate surface area is 180 Å². The van der Waals surface area contributed by atoms with E-state index >= 15 is 0 Å². The van der Waals surface area contributed by atoms with Gasteiger partial charge in [-0.15, -0.1) is 5.10 Å². The standard InChI is InChI=1S/C25H22N4O2/c1-31-21-14-12-20(13-15-21)29-23(19-10-6-3-7-11-19)16-22-24(25(29)30)28(27-26-22)17-18-8-4-2-5-9-18/h2-15,23H,16-17H2,1H3. The number of methoxy groups -OCH3 is 1. The van der Waals surface area contributed by atoms with E-state index in [4.69, 9.17) is 4.74 Å². The minimum atomic E-state index is -0.156. The van der Waals surface area contributed by atoms with E-state index in [2.05, 4.69) is 10.3 Å². The molecule has 6 nitrogen and oxygen atoms in total. The highest BCUT2D eigenvalue weighted by molar-refractivity contribution is 6.07. The summed E-state index contributed by atoms with van der Waals surface area (Å²) in [6.07, 6.45) is 0.603. The molecule has 1 atom stereocenters. The molecule has 154 valence electrons. The number of benzene rings is 3. The zero-order chi connectivity index (χ0) is 21.2. The minimum absolute atomic E-state index is 0.0961. The molecule has 0 saturated carbocycles. The lowest BCUT2D eigenvalue weighted by molar-refractivity contribution is 0.0956. The summed E-state index contributed by atoms with van der Waals surface area (Å²) in [7, 11) is 1.63. The Morgan fingerprint density at radius 3 is 2.29 bits per heavy atom. The van der Waals surface area contributed by atoms with Crippen LogP contribution in [0.15, 0.2) is 84.9 Å². The van der Waals surface area contributed by atoms with Gasteiger partial charge in [0.1, 0.15) is 5.75 Å². The van der Waals surface area contributed by atoms with Crippen molar-refractivity contribution in [3.8, 4) is 5.75 Å². The molecular formula is C25H22N4O2. The second-order valence-electron chi connectivity index (χ2n) is 7.53. The van der Waals surface area contributed by atoms with Crippen molar-refractivity contribution < 1.29 is 9.53 Å². The van der Waals surface area contributed by atoms with Gasteiger partial charge < -0.3 is 4.74 Å². The van der Waals surface area contributed by atoms with Crippen molar-refractivity contribution >= 4 is 11.6 Å². The number of nitrogens with zero attached hydrogens (tertiary/aromatic N) is 4. The van der Waals surface area contributed by atoms with Gasteiger partial charge in [-0.3, -0.25) is 9.69 Å². The van der Waals surface area contributed by atoms with Crippen molar-refractivity contribution in [1.29, 1.82) is 0 Å². The lowest BCUT2D eigenvalue weighted by Crippen LogP contribution is -2.41. The quantitative estimate of drug-likeness (QED) is 0.493. The lowest BCUT2D eigenvalue weighted by atomic mass is 9.94. The first-order valence-electron chi connectivity index (χ1n) is 10.2. The van der Waals surface area contributed by atoms with Gasteiger partial charge in [0.25, 0.3) is 5.91 Å². The maximum Gasteiger partial charge on any atom is 0.279 e. The number of amides is 1. The number of carbonyl (C=O) groups excluding carboxylic acids is 1. The molecular weight excluding hydrogens is 388 g/mol. The topological polar surface area (TPSA) is 60.2 Å². The molecule has 31 heavy (non-hydrogen) atoms. The molecule has 2 heterocycles. The summed E-state index contributed by atoms with van der Waals surface area (Å²) in [4.78, 5) is 15.7. The SMILES string of the molecule is COc1ccc(N2C(=O)c3c(nnn3Cc3ccccc3)CC2c2ccccc2)cc1. The number of aromatic nitrogens is 3. The Morgan fingerprint density at radius 2 is 1.61 bits per heavy atom. The summed E-state index contributed by atoms with van der Waals surface area (Å²) in [6, 6.07) is 27.5. The number of rotatable bonds is 5. The van der Waals surface area contributed by atoms with Gasteiger partial charge in [0.2, 0.25) is 0 Å². The maximum absolute atomic E-state index is 13.8. The first-order chi connectivity index (χ1) is 15.2. The van der Waals surface area contributed by atoms with Gasteiger partial charge in [0.15, 0.2) is 5.69 Å². The molecule has 4 aromatic rings. The van der Waals surface area contributed by atoms with Crippen LogP contribution < -0.4 is 9.64 Å². The molecule has 1 aliphatic rings. The normalized spacial score (nSPS) is 15.6. The summed E-state index contributed by atoms with van der Waals surface area (Å²) < 4.78 is 7.01. The van der Waals surface area contributed by atoms with E-state index < -0.39 is 0 Å². The van der Waals surface area contributed by atoms with E-state index in [-0.39, 0.29) is 11.9 Å². The van der Waals surface area contributed by atoms with Crippen LogP contribution in [0.25, 0.3) is 0 Å².